The average molecular weight is 405 g/mol. The summed E-state index contributed by atoms with van der Waals surface area (Å²) >= 11 is 0. The first-order valence-corrected chi connectivity index (χ1v) is 9.68. The zero-order chi connectivity index (χ0) is 20.8. The van der Waals surface area contributed by atoms with Gasteiger partial charge in [-0.25, -0.2) is 0 Å². The molecule has 1 aromatic heterocycles. The summed E-state index contributed by atoms with van der Waals surface area (Å²) in [4.78, 5) is 27.5. The van der Waals surface area contributed by atoms with Crippen molar-refractivity contribution in [3.8, 4) is 0 Å². The van der Waals surface area contributed by atoms with E-state index in [1.165, 1.54) is 0 Å². The normalized spacial score (nSPS) is 16.9. The van der Waals surface area contributed by atoms with Crippen LogP contribution in [-0.2, 0) is 20.9 Å². The molecule has 0 aliphatic carbocycles. The predicted molar refractivity (Wildman–Crippen MR) is 106 cm³/mol. The minimum Gasteiger partial charge on any atom is -0.480 e. The summed E-state index contributed by atoms with van der Waals surface area (Å²) in [5.74, 6) is -1.91. The molecule has 29 heavy (non-hydrogen) atoms. The third-order valence-electron chi connectivity index (χ3n) is 5.21. The quantitative estimate of drug-likeness (QED) is 0.489. The van der Waals surface area contributed by atoms with Crippen molar-refractivity contribution in [3.63, 3.8) is 0 Å². The van der Waals surface area contributed by atoms with E-state index in [4.69, 9.17) is 9.84 Å². The Labute approximate surface area is 168 Å². The largest absolute Gasteiger partial charge is 0.480 e. The van der Waals surface area contributed by atoms with Crippen LogP contribution in [0.1, 0.15) is 11.6 Å². The number of carboxylic acid groups (broad SMARTS) is 2. The summed E-state index contributed by atoms with van der Waals surface area (Å²) in [6.07, 6.45) is 1.66. The summed E-state index contributed by atoms with van der Waals surface area (Å²) in [5.41, 5.74) is 1.34. The molecular weight excluding hydrogens is 378 g/mol. The molecule has 0 amide bonds. The summed E-state index contributed by atoms with van der Waals surface area (Å²) in [5, 5.41) is 28.7. The van der Waals surface area contributed by atoms with E-state index < -0.39 is 18.0 Å². The van der Waals surface area contributed by atoms with Crippen LogP contribution in [0.25, 0.3) is 10.9 Å². The number of aliphatic carboxylic acids is 2. The van der Waals surface area contributed by atoms with Crippen LogP contribution < -0.4 is 0 Å². The summed E-state index contributed by atoms with van der Waals surface area (Å²) in [6, 6.07) is 6.47. The number of nitrogens with zero attached hydrogens (tertiary/aromatic N) is 3. The molecule has 9 heteroatoms. The molecule has 3 rings (SSSR count). The van der Waals surface area contributed by atoms with E-state index in [0.717, 1.165) is 30.5 Å². The number of hydrogen-bond donors (Lipinski definition) is 3. The number of hydrogen-bond acceptors (Lipinski definition) is 6. The number of piperazine rings is 1. The minimum absolute atomic E-state index is 0.00352. The highest BCUT2D eigenvalue weighted by Crippen LogP contribution is 2.31. The second kappa shape index (κ2) is 9.84. The van der Waals surface area contributed by atoms with E-state index >= 15 is 0 Å². The van der Waals surface area contributed by atoms with Crippen molar-refractivity contribution in [3.05, 3.63) is 36.0 Å². The van der Waals surface area contributed by atoms with Crippen molar-refractivity contribution in [2.75, 3.05) is 52.5 Å². The fourth-order valence-electron chi connectivity index (χ4n) is 3.86. The zero-order valence-corrected chi connectivity index (χ0v) is 16.2. The second-order valence-electron chi connectivity index (χ2n) is 7.08. The zero-order valence-electron chi connectivity index (χ0n) is 16.2. The van der Waals surface area contributed by atoms with Gasteiger partial charge < -0.3 is 24.6 Å². The first kappa shape index (κ1) is 21.3. The van der Waals surface area contributed by atoms with Crippen molar-refractivity contribution in [2.45, 2.75) is 12.6 Å². The molecule has 1 aliphatic rings. The van der Waals surface area contributed by atoms with Crippen molar-refractivity contribution in [1.82, 2.24) is 14.4 Å². The SMILES string of the molecule is O=C(O)Cn1cc([C@@H](C(=O)O)N2CCN(CCOCCO)CC2)c2ccccc21. The van der Waals surface area contributed by atoms with Gasteiger partial charge in [0.05, 0.1) is 19.8 Å². The lowest BCUT2D eigenvalue weighted by Crippen LogP contribution is -2.49. The number of benzene rings is 1. The number of carbonyl (C=O) groups is 2. The molecule has 1 atom stereocenters. The lowest BCUT2D eigenvalue weighted by atomic mass is 10.0. The Hall–Kier alpha value is -2.46. The van der Waals surface area contributed by atoms with Gasteiger partial charge in [-0.2, -0.15) is 0 Å². The van der Waals surface area contributed by atoms with Gasteiger partial charge in [-0.3, -0.25) is 19.4 Å². The van der Waals surface area contributed by atoms with Gasteiger partial charge in [0.25, 0.3) is 0 Å². The highest BCUT2D eigenvalue weighted by Gasteiger charge is 2.32. The number of aliphatic hydroxyl groups is 1. The molecule has 2 heterocycles. The Kier molecular flexibility index (Phi) is 7.21. The number of rotatable bonds is 10. The van der Waals surface area contributed by atoms with Gasteiger partial charge in [-0.1, -0.05) is 18.2 Å². The van der Waals surface area contributed by atoms with Crippen LogP contribution in [0.5, 0.6) is 0 Å². The Morgan fingerprint density at radius 1 is 1.07 bits per heavy atom. The van der Waals surface area contributed by atoms with E-state index in [9.17, 15) is 19.8 Å². The highest BCUT2D eigenvalue weighted by molar-refractivity contribution is 5.90. The number of carboxylic acids is 2. The van der Waals surface area contributed by atoms with Crippen LogP contribution >= 0.6 is 0 Å². The van der Waals surface area contributed by atoms with Crippen molar-refractivity contribution < 1.29 is 29.6 Å². The van der Waals surface area contributed by atoms with Gasteiger partial charge in [0.15, 0.2) is 0 Å². The molecule has 9 nitrogen and oxygen atoms in total. The van der Waals surface area contributed by atoms with Crippen molar-refractivity contribution in [2.24, 2.45) is 0 Å². The number of fused-ring (bicyclic) bond motifs is 1. The Balaban J connectivity index is 1.76. The van der Waals surface area contributed by atoms with Crippen LogP contribution in [0, 0.1) is 0 Å². The van der Waals surface area contributed by atoms with Gasteiger partial charge in [-0.05, 0) is 6.07 Å². The topological polar surface area (TPSA) is 115 Å². The number of aromatic nitrogens is 1. The summed E-state index contributed by atoms with van der Waals surface area (Å²) in [6.45, 7) is 4.01. The molecule has 0 bridgehead atoms. The van der Waals surface area contributed by atoms with Gasteiger partial charge >= 0.3 is 11.9 Å². The maximum atomic E-state index is 12.2. The molecule has 0 saturated carbocycles. The molecule has 0 radical (unpaired) electrons. The van der Waals surface area contributed by atoms with Crippen LogP contribution in [0.4, 0.5) is 0 Å². The standard InChI is InChI=1S/C20H27N3O6/c24-10-12-29-11-9-21-5-7-22(8-6-21)19(20(27)28)16-13-23(14-18(25)26)17-4-2-1-3-15(16)17/h1-4,13,19,24H,5-12,14H2,(H,25,26)(H,27,28)/t19-/m0/s1. The lowest BCUT2D eigenvalue weighted by Gasteiger charge is -2.37. The molecule has 1 saturated heterocycles. The molecule has 2 aromatic rings. The summed E-state index contributed by atoms with van der Waals surface area (Å²) in [7, 11) is 0. The van der Waals surface area contributed by atoms with Crippen molar-refractivity contribution in [1.29, 1.82) is 0 Å². The fraction of sp³-hybridized carbons (Fsp3) is 0.500. The van der Waals surface area contributed by atoms with Gasteiger partial charge in [0, 0.05) is 55.4 Å². The van der Waals surface area contributed by atoms with E-state index in [0.29, 0.717) is 31.9 Å². The fourth-order valence-corrected chi connectivity index (χ4v) is 3.86. The van der Waals surface area contributed by atoms with Crippen molar-refractivity contribution >= 4 is 22.8 Å². The number of ether oxygens (including phenoxy) is 1. The van der Waals surface area contributed by atoms with Crippen LogP contribution in [0.15, 0.2) is 30.5 Å². The number of para-hydroxylation sites is 1. The number of aliphatic hydroxyl groups excluding tert-OH is 1. The molecular formula is C20H27N3O6. The highest BCUT2D eigenvalue weighted by atomic mass is 16.5. The maximum absolute atomic E-state index is 12.2. The molecule has 158 valence electrons. The Bertz CT molecular complexity index is 844. The monoisotopic (exact) mass is 405 g/mol. The third kappa shape index (κ3) is 5.13. The van der Waals surface area contributed by atoms with Crippen LogP contribution in [0.3, 0.4) is 0 Å². The smallest absolute Gasteiger partial charge is 0.325 e. The molecule has 0 unspecified atom stereocenters. The predicted octanol–water partition coefficient (Wildman–Crippen LogP) is 0.478. The third-order valence-corrected chi connectivity index (χ3v) is 5.21. The van der Waals surface area contributed by atoms with E-state index in [1.54, 1.807) is 10.8 Å². The Morgan fingerprint density at radius 3 is 2.45 bits per heavy atom. The molecule has 1 aromatic carbocycles. The first-order chi connectivity index (χ1) is 14.0. The van der Waals surface area contributed by atoms with Gasteiger partial charge in [0.2, 0.25) is 0 Å². The van der Waals surface area contributed by atoms with Gasteiger partial charge in [0.1, 0.15) is 12.6 Å². The lowest BCUT2D eigenvalue weighted by molar-refractivity contribution is -0.144. The van der Waals surface area contributed by atoms with Crippen LogP contribution in [0.2, 0.25) is 0 Å². The van der Waals surface area contributed by atoms with Crippen LogP contribution in [-0.4, -0.2) is 94.2 Å². The first-order valence-electron chi connectivity index (χ1n) is 9.68. The second-order valence-corrected chi connectivity index (χ2v) is 7.08. The van der Waals surface area contributed by atoms with E-state index in [1.807, 2.05) is 29.2 Å². The van der Waals surface area contributed by atoms with Gasteiger partial charge in [-0.15, -0.1) is 0 Å². The molecule has 1 aliphatic heterocycles. The molecule has 3 N–H and O–H groups in total. The average Bonchev–Trinajstić information content (AvgIpc) is 3.04. The van der Waals surface area contributed by atoms with E-state index in [2.05, 4.69) is 4.90 Å². The molecule has 1 fully saturated rings. The minimum atomic E-state index is -0.971. The molecule has 0 spiro atoms. The Morgan fingerprint density at radius 2 is 1.79 bits per heavy atom. The van der Waals surface area contributed by atoms with E-state index in [-0.39, 0.29) is 13.2 Å². The summed E-state index contributed by atoms with van der Waals surface area (Å²) < 4.78 is 6.89. The maximum Gasteiger partial charge on any atom is 0.325 e.